The number of fused-ring (bicyclic) bond motifs is 1. The molecule has 2 aromatic carbocycles. The number of halogens is 3. The van der Waals surface area contributed by atoms with Gasteiger partial charge in [0.1, 0.15) is 29.0 Å². The second-order valence-corrected chi connectivity index (χ2v) is 10.0. The van der Waals surface area contributed by atoms with Crippen molar-refractivity contribution in [2.75, 3.05) is 54.9 Å². The number of nitrogens with one attached hydrogen (secondary N) is 1. The number of likely N-dealkylation sites (N-methyl/N-ethyl adjacent to an activating group) is 1. The largest absolute Gasteiger partial charge is 0.369 e. The van der Waals surface area contributed by atoms with Gasteiger partial charge in [-0.1, -0.05) is 0 Å². The van der Waals surface area contributed by atoms with Gasteiger partial charge < -0.3 is 20.0 Å². The zero-order valence-electron chi connectivity index (χ0n) is 21.4. The van der Waals surface area contributed by atoms with Gasteiger partial charge in [0.2, 0.25) is 0 Å². The van der Waals surface area contributed by atoms with Crippen molar-refractivity contribution < 1.29 is 18.0 Å². The molecule has 0 bridgehead atoms. The molecule has 4 aromatic rings. The van der Waals surface area contributed by atoms with Crippen LogP contribution in [0.3, 0.4) is 0 Å². The van der Waals surface area contributed by atoms with Crippen LogP contribution in [0.25, 0.3) is 5.65 Å². The zero-order chi connectivity index (χ0) is 27.1. The molecule has 1 N–H and O–H groups in total. The first kappa shape index (κ1) is 25.2. The molecule has 1 atom stereocenters. The molecule has 1 amide bonds. The zero-order valence-corrected chi connectivity index (χ0v) is 21.4. The van der Waals surface area contributed by atoms with Crippen molar-refractivity contribution >= 4 is 28.7 Å². The molecule has 2 fully saturated rings. The van der Waals surface area contributed by atoms with Crippen LogP contribution in [0.1, 0.15) is 34.8 Å². The highest BCUT2D eigenvalue weighted by atomic mass is 19.1. The number of rotatable bonds is 5. The third kappa shape index (κ3) is 4.89. The predicted octanol–water partition coefficient (Wildman–Crippen LogP) is 4.49. The van der Waals surface area contributed by atoms with E-state index >= 15 is 4.39 Å². The fourth-order valence-electron chi connectivity index (χ4n) is 5.38. The molecule has 0 aliphatic carbocycles. The topological polar surface area (TPSA) is 69.0 Å². The van der Waals surface area contributed by atoms with Crippen molar-refractivity contribution in [3.8, 4) is 0 Å². The Hall–Kier alpha value is -4.12. The van der Waals surface area contributed by atoms with Gasteiger partial charge in [0.25, 0.3) is 5.91 Å². The summed E-state index contributed by atoms with van der Waals surface area (Å²) in [7, 11) is 2.05. The smallest absolute Gasteiger partial charge is 0.258 e. The Bertz CT molecular complexity index is 1530. The van der Waals surface area contributed by atoms with Crippen molar-refractivity contribution in [1.82, 2.24) is 19.5 Å². The standard InChI is InChI=1S/C28H28F3N7O/c1-35-11-13-36(14-12-35)19-5-6-20(23(31)16-19)28(39)33-24-17-32-38-10-8-26(34-27(24)38)37-9-2-3-25(37)21-15-18(29)4-7-22(21)30/h4-8,10,15-17,25H,2-3,9,11-14H2,1H3,(H,33,39)/t25-/m1/s1. The van der Waals surface area contributed by atoms with E-state index in [1.165, 1.54) is 28.9 Å². The molecule has 8 nitrogen and oxygen atoms in total. The Morgan fingerprint density at radius 1 is 0.974 bits per heavy atom. The lowest BCUT2D eigenvalue weighted by molar-refractivity contribution is 0.102. The predicted molar refractivity (Wildman–Crippen MR) is 143 cm³/mol. The first-order chi connectivity index (χ1) is 18.9. The molecule has 11 heteroatoms. The molecule has 202 valence electrons. The van der Waals surface area contributed by atoms with Crippen LogP contribution in [0.4, 0.5) is 30.4 Å². The van der Waals surface area contributed by atoms with E-state index in [4.69, 9.17) is 0 Å². The van der Waals surface area contributed by atoms with Gasteiger partial charge in [0.15, 0.2) is 5.65 Å². The fraction of sp³-hybridized carbons (Fsp3) is 0.321. The van der Waals surface area contributed by atoms with E-state index in [2.05, 4.69) is 32.2 Å². The number of hydrogen-bond donors (Lipinski definition) is 1. The number of nitrogens with zero attached hydrogens (tertiary/aromatic N) is 6. The number of carbonyl (C=O) groups is 1. The molecule has 0 spiro atoms. The maximum Gasteiger partial charge on any atom is 0.258 e. The summed E-state index contributed by atoms with van der Waals surface area (Å²) in [6.07, 6.45) is 4.59. The van der Waals surface area contributed by atoms with Crippen LogP contribution in [0.5, 0.6) is 0 Å². The van der Waals surface area contributed by atoms with Crippen LogP contribution in [0, 0.1) is 17.5 Å². The number of amides is 1. The molecule has 2 aliphatic heterocycles. The van der Waals surface area contributed by atoms with Crippen LogP contribution in [0.15, 0.2) is 54.9 Å². The van der Waals surface area contributed by atoms with E-state index in [9.17, 15) is 13.6 Å². The van der Waals surface area contributed by atoms with Crippen LogP contribution < -0.4 is 15.1 Å². The van der Waals surface area contributed by atoms with Crippen molar-refractivity contribution in [2.45, 2.75) is 18.9 Å². The highest BCUT2D eigenvalue weighted by Crippen LogP contribution is 2.37. The minimum absolute atomic E-state index is 0.0791. The lowest BCUT2D eigenvalue weighted by Gasteiger charge is -2.34. The Morgan fingerprint density at radius 3 is 2.59 bits per heavy atom. The molecule has 0 saturated carbocycles. The summed E-state index contributed by atoms with van der Waals surface area (Å²) in [6, 6.07) is 9.49. The molecule has 4 heterocycles. The molecule has 2 saturated heterocycles. The second kappa shape index (κ2) is 10.2. The highest BCUT2D eigenvalue weighted by molar-refractivity contribution is 6.06. The van der Waals surface area contributed by atoms with Gasteiger partial charge >= 0.3 is 0 Å². The Morgan fingerprint density at radius 2 is 1.79 bits per heavy atom. The minimum atomic E-state index is -0.611. The summed E-state index contributed by atoms with van der Waals surface area (Å²) in [5.74, 6) is -1.63. The summed E-state index contributed by atoms with van der Waals surface area (Å²) in [5.41, 5.74) is 1.63. The van der Waals surface area contributed by atoms with Gasteiger partial charge in [-0.15, -0.1) is 0 Å². The average Bonchev–Trinajstić information content (AvgIpc) is 3.57. The minimum Gasteiger partial charge on any atom is -0.369 e. The number of carbonyl (C=O) groups excluding carboxylic acids is 1. The third-order valence-electron chi connectivity index (χ3n) is 7.53. The number of benzene rings is 2. The molecule has 0 unspecified atom stereocenters. The van der Waals surface area contributed by atoms with Crippen LogP contribution in [0.2, 0.25) is 0 Å². The SMILES string of the molecule is CN1CCN(c2ccc(C(=O)Nc3cnn4ccc(N5CCC[C@@H]5c5cc(F)ccc5F)nc34)c(F)c2)CC1. The molecule has 39 heavy (non-hydrogen) atoms. The van der Waals surface area contributed by atoms with E-state index < -0.39 is 23.4 Å². The molecular formula is C28H28F3N7O. The van der Waals surface area contributed by atoms with Crippen LogP contribution in [-0.2, 0) is 0 Å². The van der Waals surface area contributed by atoms with Gasteiger partial charge in [0, 0.05) is 50.2 Å². The van der Waals surface area contributed by atoms with E-state index in [1.807, 2.05) is 4.90 Å². The van der Waals surface area contributed by atoms with E-state index in [0.717, 1.165) is 50.4 Å². The van der Waals surface area contributed by atoms with Gasteiger partial charge in [-0.05, 0) is 62.4 Å². The summed E-state index contributed by atoms with van der Waals surface area (Å²) < 4.78 is 44.9. The summed E-state index contributed by atoms with van der Waals surface area (Å²) in [5, 5.41) is 6.98. The summed E-state index contributed by atoms with van der Waals surface area (Å²) in [6.45, 7) is 3.99. The summed E-state index contributed by atoms with van der Waals surface area (Å²) in [4.78, 5) is 24.0. The van der Waals surface area contributed by atoms with Crippen molar-refractivity contribution in [1.29, 1.82) is 0 Å². The number of piperazine rings is 1. The van der Waals surface area contributed by atoms with E-state index in [1.54, 1.807) is 18.3 Å². The summed E-state index contributed by atoms with van der Waals surface area (Å²) >= 11 is 0. The molecule has 2 aliphatic rings. The monoisotopic (exact) mass is 535 g/mol. The molecule has 6 rings (SSSR count). The van der Waals surface area contributed by atoms with Crippen LogP contribution in [-0.4, -0.2) is 65.2 Å². The van der Waals surface area contributed by atoms with Crippen molar-refractivity contribution in [3.63, 3.8) is 0 Å². The maximum atomic E-state index is 15.0. The fourth-order valence-corrected chi connectivity index (χ4v) is 5.38. The van der Waals surface area contributed by atoms with Gasteiger partial charge in [-0.25, -0.2) is 22.7 Å². The van der Waals surface area contributed by atoms with Gasteiger partial charge in [0.05, 0.1) is 17.8 Å². The van der Waals surface area contributed by atoms with Gasteiger partial charge in [-0.3, -0.25) is 4.79 Å². The Kier molecular flexibility index (Phi) is 6.59. The highest BCUT2D eigenvalue weighted by Gasteiger charge is 2.30. The first-order valence-corrected chi connectivity index (χ1v) is 13.0. The first-order valence-electron chi connectivity index (χ1n) is 13.0. The quantitative estimate of drug-likeness (QED) is 0.406. The third-order valence-corrected chi connectivity index (χ3v) is 7.53. The average molecular weight is 536 g/mol. The number of aromatic nitrogens is 3. The van der Waals surface area contributed by atoms with Gasteiger partial charge in [-0.2, -0.15) is 5.10 Å². The molecule has 0 radical (unpaired) electrons. The normalized spacial score (nSPS) is 18.2. The Labute approximate surface area is 223 Å². The van der Waals surface area contributed by atoms with E-state index in [0.29, 0.717) is 30.1 Å². The second-order valence-electron chi connectivity index (χ2n) is 10.0. The van der Waals surface area contributed by atoms with Crippen molar-refractivity contribution in [2.24, 2.45) is 0 Å². The lowest BCUT2D eigenvalue weighted by atomic mass is 10.0. The number of anilines is 3. The lowest BCUT2D eigenvalue weighted by Crippen LogP contribution is -2.44. The van der Waals surface area contributed by atoms with Crippen LogP contribution >= 0.6 is 0 Å². The Balaban J connectivity index is 1.23. The number of hydrogen-bond acceptors (Lipinski definition) is 6. The van der Waals surface area contributed by atoms with Crippen molar-refractivity contribution in [3.05, 3.63) is 83.4 Å². The van der Waals surface area contributed by atoms with E-state index in [-0.39, 0.29) is 17.2 Å². The maximum absolute atomic E-state index is 15.0. The molecule has 2 aromatic heterocycles. The molecular weight excluding hydrogens is 507 g/mol.